The number of hydrogen-bond acceptors (Lipinski definition) is 4. The number of rotatable bonds is 3. The van der Waals surface area contributed by atoms with Crippen molar-refractivity contribution < 1.29 is 0 Å². The van der Waals surface area contributed by atoms with E-state index in [9.17, 15) is 0 Å². The van der Waals surface area contributed by atoms with E-state index in [0.717, 1.165) is 0 Å². The summed E-state index contributed by atoms with van der Waals surface area (Å²) in [6.07, 6.45) is 6.42. The lowest BCUT2D eigenvalue weighted by molar-refractivity contribution is 0.420. The normalized spacial score (nSPS) is 28.2. The Labute approximate surface area is 94.6 Å². The molecule has 1 aliphatic rings. The number of nitrogens with two attached hydrogens (primary N) is 1. The monoisotopic (exact) mass is 226 g/mol. The zero-order chi connectivity index (χ0) is 10.9. The van der Waals surface area contributed by atoms with Gasteiger partial charge in [-0.1, -0.05) is 0 Å². The first-order valence-electron chi connectivity index (χ1n) is 5.24. The van der Waals surface area contributed by atoms with E-state index in [4.69, 9.17) is 5.84 Å². The fourth-order valence-electron chi connectivity index (χ4n) is 2.24. The number of hydrogen-bond donors (Lipinski definition) is 2. The minimum atomic E-state index is 0.193. The Morgan fingerprint density at radius 2 is 2.53 bits per heavy atom. The molecule has 84 valence electrons. The Kier molecular flexibility index (Phi) is 3.04. The molecular formula is C10H18N4S. The summed E-state index contributed by atoms with van der Waals surface area (Å²) in [5.41, 5.74) is 4.12. The Bertz CT molecular complexity index is 330. The van der Waals surface area contributed by atoms with Gasteiger partial charge in [-0.3, -0.25) is 16.0 Å². The number of thioether (sulfide) groups is 1. The average Bonchev–Trinajstić information content (AvgIpc) is 2.78. The van der Waals surface area contributed by atoms with Gasteiger partial charge in [0.1, 0.15) is 0 Å². The molecule has 2 unspecified atom stereocenters. The van der Waals surface area contributed by atoms with E-state index in [1.54, 1.807) is 0 Å². The molecule has 2 rings (SSSR count). The van der Waals surface area contributed by atoms with Crippen LogP contribution >= 0.6 is 11.8 Å². The molecule has 0 amide bonds. The van der Waals surface area contributed by atoms with Crippen LogP contribution in [0.15, 0.2) is 12.4 Å². The number of aromatic nitrogens is 2. The molecular weight excluding hydrogens is 208 g/mol. The molecule has 1 aromatic heterocycles. The summed E-state index contributed by atoms with van der Waals surface area (Å²) in [6.45, 7) is 2.28. The summed E-state index contributed by atoms with van der Waals surface area (Å²) in [7, 11) is 1.93. The molecule has 3 N–H and O–H groups in total. The molecule has 1 aromatic rings. The maximum Gasteiger partial charge on any atom is 0.0634 e. The predicted molar refractivity (Wildman–Crippen MR) is 63.4 cm³/mol. The van der Waals surface area contributed by atoms with Gasteiger partial charge >= 0.3 is 0 Å². The second-order valence-corrected chi connectivity index (χ2v) is 5.94. The molecule has 5 heteroatoms. The van der Waals surface area contributed by atoms with Gasteiger partial charge in [-0.25, -0.2) is 0 Å². The molecule has 1 saturated heterocycles. The van der Waals surface area contributed by atoms with Gasteiger partial charge in [-0.15, -0.1) is 0 Å². The van der Waals surface area contributed by atoms with Gasteiger partial charge in [-0.2, -0.15) is 16.9 Å². The first-order chi connectivity index (χ1) is 7.15. The van der Waals surface area contributed by atoms with Crippen LogP contribution in [-0.4, -0.2) is 20.3 Å². The number of hydrazine groups is 1. The molecule has 4 nitrogen and oxygen atoms in total. The average molecular weight is 226 g/mol. The van der Waals surface area contributed by atoms with Crippen molar-refractivity contribution in [2.45, 2.75) is 30.6 Å². The quantitative estimate of drug-likeness (QED) is 0.601. The van der Waals surface area contributed by atoms with E-state index in [-0.39, 0.29) is 10.8 Å². The van der Waals surface area contributed by atoms with Crippen LogP contribution in [-0.2, 0) is 7.05 Å². The zero-order valence-electron chi connectivity index (χ0n) is 9.23. The highest BCUT2D eigenvalue weighted by molar-refractivity contribution is 8.00. The van der Waals surface area contributed by atoms with Crippen LogP contribution in [0.4, 0.5) is 0 Å². The van der Waals surface area contributed by atoms with Crippen molar-refractivity contribution in [2.75, 3.05) is 5.75 Å². The third-order valence-corrected chi connectivity index (χ3v) is 4.68. The van der Waals surface area contributed by atoms with E-state index in [0.29, 0.717) is 0 Å². The largest absolute Gasteiger partial charge is 0.275 e. The summed E-state index contributed by atoms with van der Waals surface area (Å²) in [5, 5.41) is 4.20. The molecule has 15 heavy (non-hydrogen) atoms. The summed E-state index contributed by atoms with van der Waals surface area (Å²) in [5.74, 6) is 6.91. The van der Waals surface area contributed by atoms with E-state index in [2.05, 4.69) is 17.4 Å². The highest BCUT2D eigenvalue weighted by Crippen LogP contribution is 2.46. The first kappa shape index (κ1) is 11.0. The maximum absolute atomic E-state index is 5.68. The number of nitrogens with one attached hydrogen (secondary N) is 1. The summed E-state index contributed by atoms with van der Waals surface area (Å²) in [6, 6.07) is 0.193. The molecule has 0 bridgehead atoms. The van der Waals surface area contributed by atoms with Crippen molar-refractivity contribution in [3.8, 4) is 0 Å². The summed E-state index contributed by atoms with van der Waals surface area (Å²) < 4.78 is 2.03. The van der Waals surface area contributed by atoms with Gasteiger partial charge in [0.2, 0.25) is 0 Å². The third-order valence-electron chi connectivity index (χ3n) is 3.08. The third kappa shape index (κ3) is 2.04. The molecule has 1 aliphatic heterocycles. The van der Waals surface area contributed by atoms with Crippen molar-refractivity contribution in [1.82, 2.24) is 15.2 Å². The molecule has 0 radical (unpaired) electrons. The van der Waals surface area contributed by atoms with Gasteiger partial charge in [0.15, 0.2) is 0 Å². The minimum absolute atomic E-state index is 0.193. The molecule has 0 spiro atoms. The van der Waals surface area contributed by atoms with Gasteiger partial charge in [0.05, 0.1) is 12.2 Å². The van der Waals surface area contributed by atoms with Crippen LogP contribution < -0.4 is 11.3 Å². The molecule has 0 saturated carbocycles. The topological polar surface area (TPSA) is 55.9 Å². The number of aryl methyl sites for hydroxylation is 1. The summed E-state index contributed by atoms with van der Waals surface area (Å²) >= 11 is 2.00. The fraction of sp³-hybridized carbons (Fsp3) is 0.700. The molecule has 2 atom stereocenters. The van der Waals surface area contributed by atoms with Crippen molar-refractivity contribution in [2.24, 2.45) is 12.9 Å². The Morgan fingerprint density at radius 1 is 1.73 bits per heavy atom. The molecule has 1 fully saturated rings. The highest BCUT2D eigenvalue weighted by Gasteiger charge is 2.38. The van der Waals surface area contributed by atoms with Gasteiger partial charge in [0.25, 0.3) is 0 Å². The number of nitrogens with zero attached hydrogens (tertiary/aromatic N) is 2. The van der Waals surface area contributed by atoms with Crippen LogP contribution in [0.25, 0.3) is 0 Å². The van der Waals surface area contributed by atoms with E-state index in [1.807, 2.05) is 35.9 Å². The Hall–Kier alpha value is -0.520. The molecule has 0 aromatic carbocycles. The van der Waals surface area contributed by atoms with Crippen molar-refractivity contribution in [3.05, 3.63) is 18.0 Å². The Balaban J connectivity index is 2.23. The van der Waals surface area contributed by atoms with Crippen LogP contribution in [0, 0.1) is 0 Å². The fourth-order valence-corrected chi connectivity index (χ4v) is 3.66. The lowest BCUT2D eigenvalue weighted by Gasteiger charge is -2.32. The minimum Gasteiger partial charge on any atom is -0.275 e. The lowest BCUT2D eigenvalue weighted by Crippen LogP contribution is -2.41. The first-order valence-corrected chi connectivity index (χ1v) is 6.23. The zero-order valence-corrected chi connectivity index (χ0v) is 10.0. The molecule has 2 heterocycles. The second-order valence-electron chi connectivity index (χ2n) is 4.31. The molecule has 0 aliphatic carbocycles. The van der Waals surface area contributed by atoms with Gasteiger partial charge in [0, 0.05) is 23.6 Å². The van der Waals surface area contributed by atoms with Crippen molar-refractivity contribution in [3.63, 3.8) is 0 Å². The summed E-state index contributed by atoms with van der Waals surface area (Å²) in [4.78, 5) is 0. The predicted octanol–water partition coefficient (Wildman–Crippen LogP) is 1.21. The van der Waals surface area contributed by atoms with Gasteiger partial charge in [-0.05, 0) is 25.5 Å². The van der Waals surface area contributed by atoms with Gasteiger partial charge < -0.3 is 0 Å². The van der Waals surface area contributed by atoms with Crippen LogP contribution in [0.3, 0.4) is 0 Å². The van der Waals surface area contributed by atoms with E-state index in [1.165, 1.54) is 24.2 Å². The lowest BCUT2D eigenvalue weighted by atomic mass is 9.92. The van der Waals surface area contributed by atoms with E-state index < -0.39 is 0 Å². The smallest absolute Gasteiger partial charge is 0.0634 e. The second kappa shape index (κ2) is 4.15. The maximum atomic E-state index is 5.68. The standard InChI is InChI=1S/C10H18N4S/c1-10(4-3-5-15-10)9(13-11)8-6-12-14(2)7-8/h6-7,9,13H,3-5,11H2,1-2H3. The highest BCUT2D eigenvalue weighted by atomic mass is 32.2. The van der Waals surface area contributed by atoms with Crippen molar-refractivity contribution >= 4 is 11.8 Å². The SMILES string of the molecule is Cn1cc(C(NN)C2(C)CCCS2)cn1. The van der Waals surface area contributed by atoms with Crippen LogP contribution in [0.5, 0.6) is 0 Å². The van der Waals surface area contributed by atoms with E-state index >= 15 is 0 Å². The Morgan fingerprint density at radius 3 is 3.00 bits per heavy atom. The van der Waals surface area contributed by atoms with Crippen LogP contribution in [0.2, 0.25) is 0 Å². The van der Waals surface area contributed by atoms with Crippen LogP contribution in [0.1, 0.15) is 31.4 Å². The van der Waals surface area contributed by atoms with Crippen molar-refractivity contribution in [1.29, 1.82) is 0 Å².